The van der Waals surface area contributed by atoms with E-state index in [4.69, 9.17) is 4.74 Å². The molecule has 1 aliphatic rings. The number of nitrogens with zero attached hydrogens (tertiary/aromatic N) is 3. The summed E-state index contributed by atoms with van der Waals surface area (Å²) in [4.78, 5) is 23.9. The third kappa shape index (κ3) is 4.23. The molecule has 0 spiro atoms. The third-order valence-electron chi connectivity index (χ3n) is 4.04. The molecule has 0 aliphatic carbocycles. The molecule has 0 unspecified atom stereocenters. The molecule has 6 nitrogen and oxygen atoms in total. The summed E-state index contributed by atoms with van der Waals surface area (Å²) < 4.78 is 5.50. The maximum absolute atomic E-state index is 12.3. The summed E-state index contributed by atoms with van der Waals surface area (Å²) >= 11 is 1.63. The van der Waals surface area contributed by atoms with Gasteiger partial charge in [-0.3, -0.25) is 4.79 Å². The highest BCUT2D eigenvalue weighted by Crippen LogP contribution is 2.22. The van der Waals surface area contributed by atoms with Crippen molar-refractivity contribution >= 4 is 23.1 Å². The lowest BCUT2D eigenvalue weighted by atomic mass is 10.0. The van der Waals surface area contributed by atoms with Crippen molar-refractivity contribution in [3.8, 4) is 5.88 Å². The first kappa shape index (κ1) is 16.7. The number of carbonyl (C=O) groups is 1. The second-order valence-electron chi connectivity index (χ2n) is 5.70. The molecule has 1 amide bonds. The van der Waals surface area contributed by atoms with Gasteiger partial charge in [0, 0.05) is 36.4 Å². The molecule has 1 aliphatic heterocycles. The first-order valence-electron chi connectivity index (χ1n) is 8.26. The fraction of sp³-hybridized carbons (Fsp3) is 0.471. The Labute approximate surface area is 145 Å². The van der Waals surface area contributed by atoms with Crippen LogP contribution in [-0.2, 0) is 11.2 Å². The van der Waals surface area contributed by atoms with Crippen LogP contribution in [0.4, 0.5) is 5.82 Å². The van der Waals surface area contributed by atoms with Crippen LogP contribution in [0.2, 0.25) is 0 Å². The van der Waals surface area contributed by atoms with E-state index >= 15 is 0 Å². The molecule has 0 radical (unpaired) electrons. The molecule has 1 N–H and O–H groups in total. The normalized spacial score (nSPS) is 15.3. The van der Waals surface area contributed by atoms with E-state index < -0.39 is 0 Å². The molecule has 0 aromatic carbocycles. The van der Waals surface area contributed by atoms with Crippen LogP contribution in [0.25, 0.3) is 0 Å². The number of aromatic nitrogens is 2. The van der Waals surface area contributed by atoms with Gasteiger partial charge in [-0.15, -0.1) is 11.3 Å². The van der Waals surface area contributed by atoms with Gasteiger partial charge in [-0.1, -0.05) is 6.07 Å². The summed E-state index contributed by atoms with van der Waals surface area (Å²) in [6.07, 6.45) is 5.59. The van der Waals surface area contributed by atoms with Gasteiger partial charge in [-0.25, -0.2) is 9.97 Å². The number of piperidine rings is 1. The zero-order chi connectivity index (χ0) is 16.8. The van der Waals surface area contributed by atoms with E-state index in [-0.39, 0.29) is 11.9 Å². The summed E-state index contributed by atoms with van der Waals surface area (Å²) in [5.41, 5.74) is 0. The van der Waals surface area contributed by atoms with Gasteiger partial charge < -0.3 is 15.0 Å². The molecule has 2 aromatic rings. The van der Waals surface area contributed by atoms with Crippen LogP contribution in [0.1, 0.15) is 24.6 Å². The number of carbonyl (C=O) groups excluding carboxylic acids is 1. The van der Waals surface area contributed by atoms with Crippen molar-refractivity contribution in [3.05, 3.63) is 34.8 Å². The predicted octanol–water partition coefficient (Wildman–Crippen LogP) is 2.58. The topological polar surface area (TPSA) is 67.4 Å². The molecule has 0 bridgehead atoms. The van der Waals surface area contributed by atoms with E-state index in [9.17, 15) is 4.79 Å². The number of anilines is 1. The van der Waals surface area contributed by atoms with E-state index in [1.54, 1.807) is 23.7 Å². The van der Waals surface area contributed by atoms with E-state index in [1.807, 2.05) is 29.3 Å². The summed E-state index contributed by atoms with van der Waals surface area (Å²) in [7, 11) is 0. The fourth-order valence-electron chi connectivity index (χ4n) is 2.81. The van der Waals surface area contributed by atoms with Crippen molar-refractivity contribution in [1.82, 2.24) is 14.9 Å². The van der Waals surface area contributed by atoms with Gasteiger partial charge in [0.25, 0.3) is 5.88 Å². The van der Waals surface area contributed by atoms with Crippen LogP contribution in [0, 0.1) is 0 Å². The van der Waals surface area contributed by atoms with E-state index in [0.717, 1.165) is 30.8 Å². The molecule has 7 heteroatoms. The highest BCUT2D eigenvalue weighted by molar-refractivity contribution is 7.10. The molecular weight excluding hydrogens is 324 g/mol. The highest BCUT2D eigenvalue weighted by Gasteiger charge is 2.24. The second kappa shape index (κ2) is 8.10. The van der Waals surface area contributed by atoms with Crippen LogP contribution in [0.15, 0.2) is 29.9 Å². The number of likely N-dealkylation sites (tertiary alicyclic amines) is 1. The summed E-state index contributed by atoms with van der Waals surface area (Å²) in [5.74, 6) is 1.43. The zero-order valence-corrected chi connectivity index (χ0v) is 14.6. The Morgan fingerprint density at radius 2 is 2.17 bits per heavy atom. The van der Waals surface area contributed by atoms with Gasteiger partial charge in [-0.2, -0.15) is 0 Å². The van der Waals surface area contributed by atoms with Gasteiger partial charge >= 0.3 is 0 Å². The van der Waals surface area contributed by atoms with E-state index in [1.165, 1.54) is 0 Å². The molecule has 1 fully saturated rings. The standard InChI is InChI=1S/C17H22N4O2S/c1-2-23-17-16(18-7-8-19-17)20-13-5-9-21(10-6-13)15(22)12-14-4-3-11-24-14/h3-4,7-8,11,13H,2,5-6,9-10,12H2,1H3,(H,18,20). The smallest absolute Gasteiger partial charge is 0.257 e. The second-order valence-corrected chi connectivity index (χ2v) is 6.73. The van der Waals surface area contributed by atoms with Crippen LogP contribution in [0.3, 0.4) is 0 Å². The Kier molecular flexibility index (Phi) is 5.63. The lowest BCUT2D eigenvalue weighted by Gasteiger charge is -2.32. The molecule has 0 saturated carbocycles. The van der Waals surface area contributed by atoms with Gasteiger partial charge in [0.05, 0.1) is 13.0 Å². The number of thiophene rings is 1. The number of amides is 1. The Balaban J connectivity index is 1.51. The van der Waals surface area contributed by atoms with Crippen LogP contribution >= 0.6 is 11.3 Å². The summed E-state index contributed by atoms with van der Waals surface area (Å²) in [6.45, 7) is 4.03. The SMILES string of the molecule is CCOc1nccnc1NC1CCN(C(=O)Cc2cccs2)CC1. The van der Waals surface area contributed by atoms with Crippen molar-refractivity contribution in [3.63, 3.8) is 0 Å². The first-order chi connectivity index (χ1) is 11.8. The Morgan fingerprint density at radius 1 is 1.38 bits per heavy atom. The molecule has 1 saturated heterocycles. The van der Waals surface area contributed by atoms with Gasteiger partial charge in [0.2, 0.25) is 5.91 Å². The minimum Gasteiger partial charge on any atom is -0.475 e. The Morgan fingerprint density at radius 3 is 2.88 bits per heavy atom. The lowest BCUT2D eigenvalue weighted by molar-refractivity contribution is -0.131. The summed E-state index contributed by atoms with van der Waals surface area (Å²) in [6, 6.07) is 4.28. The molecule has 2 aromatic heterocycles. The molecule has 3 rings (SSSR count). The van der Waals surface area contributed by atoms with E-state index in [2.05, 4.69) is 15.3 Å². The maximum atomic E-state index is 12.3. The van der Waals surface area contributed by atoms with Crippen LogP contribution in [0.5, 0.6) is 5.88 Å². The molecule has 3 heterocycles. The summed E-state index contributed by atoms with van der Waals surface area (Å²) in [5, 5.41) is 5.41. The lowest BCUT2D eigenvalue weighted by Crippen LogP contribution is -2.43. The molecular formula is C17H22N4O2S. The largest absolute Gasteiger partial charge is 0.475 e. The highest BCUT2D eigenvalue weighted by atomic mass is 32.1. The first-order valence-corrected chi connectivity index (χ1v) is 9.14. The minimum atomic E-state index is 0.213. The number of hydrogen-bond donors (Lipinski definition) is 1. The molecule has 128 valence electrons. The van der Waals surface area contributed by atoms with Gasteiger partial charge in [0.15, 0.2) is 5.82 Å². The monoisotopic (exact) mass is 346 g/mol. The Bertz CT molecular complexity index is 654. The quantitative estimate of drug-likeness (QED) is 0.871. The van der Waals surface area contributed by atoms with Crippen LogP contribution in [-0.4, -0.2) is 46.5 Å². The number of hydrogen-bond acceptors (Lipinski definition) is 6. The average molecular weight is 346 g/mol. The number of nitrogens with one attached hydrogen (secondary N) is 1. The van der Waals surface area contributed by atoms with Crippen molar-refractivity contribution < 1.29 is 9.53 Å². The van der Waals surface area contributed by atoms with Crippen LogP contribution < -0.4 is 10.1 Å². The fourth-order valence-corrected chi connectivity index (χ4v) is 3.50. The van der Waals surface area contributed by atoms with Crippen molar-refractivity contribution in [2.45, 2.75) is 32.2 Å². The van der Waals surface area contributed by atoms with E-state index in [0.29, 0.717) is 24.7 Å². The average Bonchev–Trinajstić information content (AvgIpc) is 3.10. The number of rotatable bonds is 6. The van der Waals surface area contributed by atoms with Crippen molar-refractivity contribution in [2.24, 2.45) is 0 Å². The van der Waals surface area contributed by atoms with Crippen molar-refractivity contribution in [1.29, 1.82) is 0 Å². The minimum absolute atomic E-state index is 0.213. The molecule has 0 atom stereocenters. The zero-order valence-electron chi connectivity index (χ0n) is 13.8. The molecule has 24 heavy (non-hydrogen) atoms. The Hall–Kier alpha value is -2.15. The maximum Gasteiger partial charge on any atom is 0.257 e. The van der Waals surface area contributed by atoms with Gasteiger partial charge in [0.1, 0.15) is 0 Å². The van der Waals surface area contributed by atoms with Crippen molar-refractivity contribution in [2.75, 3.05) is 25.0 Å². The number of ether oxygens (including phenoxy) is 1. The predicted molar refractivity (Wildman–Crippen MR) is 94.4 cm³/mol. The van der Waals surface area contributed by atoms with Gasteiger partial charge in [-0.05, 0) is 31.2 Å². The third-order valence-corrected chi connectivity index (χ3v) is 4.92.